The minimum absolute atomic E-state index is 0.114. The van der Waals surface area contributed by atoms with E-state index in [9.17, 15) is 4.79 Å². The maximum atomic E-state index is 12.5. The average Bonchev–Trinajstić information content (AvgIpc) is 3.29. The maximum Gasteiger partial charge on any atom is 0.232 e. The smallest absolute Gasteiger partial charge is 0.232 e. The van der Waals surface area contributed by atoms with E-state index in [2.05, 4.69) is 15.2 Å². The van der Waals surface area contributed by atoms with Crippen molar-refractivity contribution in [1.82, 2.24) is 24.8 Å². The number of carbonyl (C=O) groups is 1. The first-order valence-corrected chi connectivity index (χ1v) is 10.1. The molecule has 1 aromatic heterocycles. The number of carbonyl (C=O) groups excluding carboxylic acids is 1. The van der Waals surface area contributed by atoms with Crippen molar-refractivity contribution < 1.29 is 9.53 Å². The zero-order valence-corrected chi connectivity index (χ0v) is 14.8. The lowest BCUT2D eigenvalue weighted by atomic mass is 10.0. The van der Waals surface area contributed by atoms with Crippen LogP contribution in [0.15, 0.2) is 6.20 Å². The molecule has 0 saturated carbocycles. The minimum atomic E-state index is 0.114. The molecule has 0 radical (unpaired) electrons. The molecule has 3 aliphatic rings. The van der Waals surface area contributed by atoms with E-state index in [1.165, 1.54) is 25.9 Å². The number of amides is 1. The Morgan fingerprint density at radius 1 is 1.33 bits per heavy atom. The van der Waals surface area contributed by atoms with Gasteiger partial charge in [-0.3, -0.25) is 4.79 Å². The van der Waals surface area contributed by atoms with Crippen molar-refractivity contribution >= 4 is 17.7 Å². The van der Waals surface area contributed by atoms with Crippen molar-refractivity contribution in [3.63, 3.8) is 0 Å². The van der Waals surface area contributed by atoms with Crippen LogP contribution in [-0.2, 0) is 16.1 Å². The zero-order valence-electron chi connectivity index (χ0n) is 14.0. The van der Waals surface area contributed by atoms with Gasteiger partial charge in [-0.15, -0.1) is 5.10 Å². The highest BCUT2D eigenvalue weighted by Crippen LogP contribution is 2.30. The highest BCUT2D eigenvalue weighted by molar-refractivity contribution is 7.99. The Morgan fingerprint density at radius 2 is 2.21 bits per heavy atom. The summed E-state index contributed by atoms with van der Waals surface area (Å²) in [6.45, 7) is 5.62. The number of thioether (sulfide) groups is 1. The van der Waals surface area contributed by atoms with E-state index in [0.717, 1.165) is 31.0 Å². The van der Waals surface area contributed by atoms with E-state index in [0.29, 0.717) is 18.9 Å². The van der Waals surface area contributed by atoms with Crippen LogP contribution in [0.1, 0.15) is 31.0 Å². The summed E-state index contributed by atoms with van der Waals surface area (Å²) in [5.41, 5.74) is 1.01. The van der Waals surface area contributed by atoms with Crippen LogP contribution in [0.4, 0.5) is 0 Å². The van der Waals surface area contributed by atoms with Gasteiger partial charge in [-0.2, -0.15) is 11.8 Å². The number of piperidine rings is 1. The van der Waals surface area contributed by atoms with Crippen LogP contribution < -0.4 is 0 Å². The number of fused-ring (bicyclic) bond motifs is 3. The molecule has 0 spiro atoms. The van der Waals surface area contributed by atoms with Crippen molar-refractivity contribution in [2.45, 2.75) is 38.0 Å². The second kappa shape index (κ2) is 7.41. The summed E-state index contributed by atoms with van der Waals surface area (Å²) >= 11 is 1.76. The number of nitrogens with zero attached hydrogens (tertiary/aromatic N) is 5. The Bertz CT molecular complexity index is 575. The summed E-state index contributed by atoms with van der Waals surface area (Å²) in [5, 5.41) is 8.18. The molecule has 3 aliphatic heterocycles. The molecule has 0 bridgehead atoms. The van der Waals surface area contributed by atoms with Crippen LogP contribution >= 0.6 is 11.8 Å². The van der Waals surface area contributed by atoms with Gasteiger partial charge in [-0.1, -0.05) is 5.21 Å². The molecule has 0 aliphatic carbocycles. The Morgan fingerprint density at radius 3 is 3.08 bits per heavy atom. The van der Waals surface area contributed by atoms with Gasteiger partial charge in [0, 0.05) is 25.4 Å². The number of hydrogen-bond donors (Lipinski definition) is 0. The molecule has 2 atom stereocenters. The van der Waals surface area contributed by atoms with Gasteiger partial charge in [0.05, 0.1) is 36.4 Å². The van der Waals surface area contributed by atoms with Crippen LogP contribution in [0, 0.1) is 0 Å². The third-order valence-electron chi connectivity index (χ3n) is 5.26. The molecule has 1 amide bonds. The number of hydrogen-bond acceptors (Lipinski definition) is 6. The maximum absolute atomic E-state index is 12.5. The molecule has 0 N–H and O–H groups in total. The average molecular weight is 351 g/mol. The van der Waals surface area contributed by atoms with Gasteiger partial charge in [0.1, 0.15) is 0 Å². The van der Waals surface area contributed by atoms with Crippen LogP contribution in [0.5, 0.6) is 0 Å². The fraction of sp³-hybridized carbons (Fsp3) is 0.812. The molecular weight excluding hydrogens is 326 g/mol. The van der Waals surface area contributed by atoms with Crippen molar-refractivity contribution in [1.29, 1.82) is 0 Å². The Kier molecular flexibility index (Phi) is 5.05. The van der Waals surface area contributed by atoms with Crippen LogP contribution in [0.25, 0.3) is 0 Å². The van der Waals surface area contributed by atoms with E-state index in [1.807, 2.05) is 9.58 Å². The molecule has 132 valence electrons. The summed E-state index contributed by atoms with van der Waals surface area (Å²) in [6.07, 6.45) is 5.45. The number of aromatic nitrogens is 3. The molecule has 2 fully saturated rings. The number of ether oxygens (including phenoxy) is 1. The van der Waals surface area contributed by atoms with Gasteiger partial charge in [0.25, 0.3) is 0 Å². The minimum Gasteiger partial charge on any atom is -0.370 e. The van der Waals surface area contributed by atoms with Crippen LogP contribution in [0.2, 0.25) is 0 Å². The highest BCUT2D eigenvalue weighted by Gasteiger charge is 2.37. The second-order valence-electron chi connectivity index (χ2n) is 6.82. The van der Waals surface area contributed by atoms with E-state index >= 15 is 0 Å². The Hall–Kier alpha value is -1.12. The van der Waals surface area contributed by atoms with Crippen molar-refractivity contribution in [2.24, 2.45) is 0 Å². The summed E-state index contributed by atoms with van der Waals surface area (Å²) < 4.78 is 7.85. The van der Waals surface area contributed by atoms with Crippen molar-refractivity contribution in [3.8, 4) is 0 Å². The van der Waals surface area contributed by atoms with Crippen LogP contribution in [-0.4, -0.2) is 81.0 Å². The number of likely N-dealkylation sites (tertiary alicyclic amines) is 2. The lowest BCUT2D eigenvalue weighted by Crippen LogP contribution is -2.50. The molecule has 8 heteroatoms. The molecule has 24 heavy (non-hydrogen) atoms. The van der Waals surface area contributed by atoms with Crippen molar-refractivity contribution in [3.05, 3.63) is 11.9 Å². The first kappa shape index (κ1) is 16.4. The third kappa shape index (κ3) is 3.45. The van der Waals surface area contributed by atoms with Gasteiger partial charge in [-0.25, -0.2) is 4.68 Å². The predicted octanol–water partition coefficient (Wildman–Crippen LogP) is 0.779. The second-order valence-corrected chi connectivity index (χ2v) is 7.92. The normalized spacial score (nSPS) is 27.1. The lowest BCUT2D eigenvalue weighted by molar-refractivity contribution is -0.135. The summed E-state index contributed by atoms with van der Waals surface area (Å²) in [5.74, 6) is 1.87. The molecule has 4 heterocycles. The summed E-state index contributed by atoms with van der Waals surface area (Å²) in [4.78, 5) is 17.0. The summed E-state index contributed by atoms with van der Waals surface area (Å²) in [7, 11) is 0. The highest BCUT2D eigenvalue weighted by atomic mass is 32.2. The molecule has 1 aromatic rings. The zero-order chi connectivity index (χ0) is 16.4. The van der Waals surface area contributed by atoms with Crippen LogP contribution in [0.3, 0.4) is 0 Å². The first-order valence-electron chi connectivity index (χ1n) is 8.90. The summed E-state index contributed by atoms with van der Waals surface area (Å²) in [6, 6.07) is 0.114. The molecule has 2 saturated heterocycles. The molecule has 7 nitrogen and oxygen atoms in total. The van der Waals surface area contributed by atoms with E-state index < -0.39 is 0 Å². The van der Waals surface area contributed by atoms with Gasteiger partial charge < -0.3 is 14.5 Å². The van der Waals surface area contributed by atoms with E-state index in [4.69, 9.17) is 4.74 Å². The van der Waals surface area contributed by atoms with E-state index in [1.54, 1.807) is 18.0 Å². The molecule has 0 unspecified atom stereocenters. The standard InChI is InChI=1S/C16H25N5O2S/c22-16(12-24-8-7-19-4-1-2-5-19)20-6-3-15-14(10-20)21-13(11-23-15)9-17-18-21/h9,14-15H,1-8,10-12H2/t14-,15+/m1/s1. The Labute approximate surface area is 146 Å². The first-order chi connectivity index (χ1) is 11.8. The topological polar surface area (TPSA) is 63.5 Å². The molecule has 0 aromatic carbocycles. The number of rotatable bonds is 5. The fourth-order valence-electron chi connectivity index (χ4n) is 3.86. The van der Waals surface area contributed by atoms with E-state index in [-0.39, 0.29) is 18.1 Å². The van der Waals surface area contributed by atoms with Gasteiger partial charge >= 0.3 is 0 Å². The lowest BCUT2D eigenvalue weighted by Gasteiger charge is -2.41. The van der Waals surface area contributed by atoms with Gasteiger partial charge in [-0.05, 0) is 32.4 Å². The third-order valence-corrected chi connectivity index (χ3v) is 6.18. The van der Waals surface area contributed by atoms with Crippen molar-refractivity contribution in [2.75, 3.05) is 44.2 Å². The largest absolute Gasteiger partial charge is 0.370 e. The monoisotopic (exact) mass is 351 g/mol. The van der Waals surface area contributed by atoms with Gasteiger partial charge in [0.2, 0.25) is 5.91 Å². The fourth-order valence-corrected chi connectivity index (χ4v) is 4.75. The molecular formula is C16H25N5O2S. The van der Waals surface area contributed by atoms with Gasteiger partial charge in [0.15, 0.2) is 0 Å². The predicted molar refractivity (Wildman–Crippen MR) is 91.8 cm³/mol. The molecule has 4 rings (SSSR count). The SMILES string of the molecule is O=C(CSCCN1CCCC1)N1CC[C@@H]2OCc3cnnn3[C@@H]2C1. The quantitative estimate of drug-likeness (QED) is 0.731. The Balaban J connectivity index is 1.25.